The van der Waals surface area contributed by atoms with Gasteiger partial charge in [-0.25, -0.2) is 19.6 Å². The van der Waals surface area contributed by atoms with Gasteiger partial charge in [0.15, 0.2) is 5.78 Å². The molecule has 7 heterocycles. The molecule has 2 saturated heterocycles. The summed E-state index contributed by atoms with van der Waals surface area (Å²) in [7, 11) is 0. The minimum absolute atomic E-state index is 0.00758. The summed E-state index contributed by atoms with van der Waals surface area (Å²) in [5.74, 6) is -1.05. The largest absolute Gasteiger partial charge is 0.391 e. The molecular weight excluding hydrogens is 1090 g/mol. The molecule has 3 aliphatic rings. The zero-order valence-electron chi connectivity index (χ0n) is 48.8. The summed E-state index contributed by atoms with van der Waals surface area (Å²) in [6.45, 7) is 16.8. The van der Waals surface area contributed by atoms with E-state index in [1.807, 2.05) is 76.5 Å². The lowest BCUT2D eigenvalue weighted by atomic mass is 9.85. The number of hydrogen-bond donors (Lipinski definition) is 5. The van der Waals surface area contributed by atoms with E-state index >= 15 is 0 Å². The molecular formula is C59H77N15O9S. The highest BCUT2D eigenvalue weighted by Gasteiger charge is 2.44. The molecule has 84 heavy (non-hydrogen) atoms. The topological polar surface area (TPSA) is 286 Å². The fourth-order valence-corrected chi connectivity index (χ4v) is 11.9. The Hall–Kier alpha value is -7.58. The normalized spacial score (nSPS) is 17.2. The second kappa shape index (κ2) is 27.9. The van der Waals surface area contributed by atoms with Crippen molar-refractivity contribution in [1.29, 1.82) is 0 Å². The lowest BCUT2D eigenvalue weighted by Gasteiger charge is -2.35. The Balaban J connectivity index is 0.620. The van der Waals surface area contributed by atoms with E-state index in [-0.39, 0.29) is 74.4 Å². The van der Waals surface area contributed by atoms with Crippen molar-refractivity contribution in [3.63, 3.8) is 0 Å². The van der Waals surface area contributed by atoms with Crippen LogP contribution in [0.3, 0.4) is 0 Å². The number of carbonyl (C=O) groups excluding carboxylic acids is 5. The second-order valence-electron chi connectivity index (χ2n) is 22.9. The van der Waals surface area contributed by atoms with Crippen LogP contribution in [0.5, 0.6) is 0 Å². The average Bonchev–Trinajstić information content (AvgIpc) is 2.96. The first-order valence-electron chi connectivity index (χ1n) is 28.9. The van der Waals surface area contributed by atoms with E-state index in [2.05, 4.69) is 56.3 Å². The number of thiazole rings is 1. The fourth-order valence-electron chi connectivity index (χ4n) is 11.1. The number of pyridine rings is 2. The van der Waals surface area contributed by atoms with E-state index in [0.29, 0.717) is 61.3 Å². The molecule has 1 aromatic carbocycles. The number of nitrogens with zero attached hydrogens (tertiary/aromatic N) is 11. The molecule has 1 aliphatic carbocycles. The van der Waals surface area contributed by atoms with Crippen molar-refractivity contribution in [3.8, 4) is 10.4 Å². The number of aryl methyl sites for hydroxylation is 2. The van der Waals surface area contributed by atoms with Crippen LogP contribution in [0.25, 0.3) is 21.5 Å². The van der Waals surface area contributed by atoms with Crippen LogP contribution < -0.4 is 31.7 Å². The van der Waals surface area contributed by atoms with Crippen LogP contribution in [0.4, 0.5) is 17.5 Å². The van der Waals surface area contributed by atoms with Crippen LogP contribution >= 0.6 is 11.3 Å². The number of aliphatic hydroxyl groups is 1. The lowest BCUT2D eigenvalue weighted by Crippen LogP contribution is -2.57. The van der Waals surface area contributed by atoms with E-state index in [1.165, 1.54) is 11.8 Å². The summed E-state index contributed by atoms with van der Waals surface area (Å²) in [4.78, 5) is 105. The molecule has 0 spiro atoms. The number of β-amino-alcohol motifs (C(OH)–C–C–N with tert-alkyl or cyclic N) is 1. The fraction of sp³-hybridized carbons (Fsp3) is 0.525. The molecule has 3 fully saturated rings. The number of fused-ring (bicyclic) bond motifs is 1. The van der Waals surface area contributed by atoms with Crippen molar-refractivity contribution >= 4 is 69.2 Å². The minimum Gasteiger partial charge on any atom is -0.391 e. The van der Waals surface area contributed by atoms with Crippen LogP contribution in [-0.4, -0.2) is 168 Å². The molecule has 4 amide bonds. The van der Waals surface area contributed by atoms with Crippen molar-refractivity contribution in [2.45, 2.75) is 130 Å². The van der Waals surface area contributed by atoms with Crippen molar-refractivity contribution in [2.75, 3.05) is 75.9 Å². The number of benzene rings is 1. The van der Waals surface area contributed by atoms with Gasteiger partial charge in [-0.3, -0.25) is 38.2 Å². The van der Waals surface area contributed by atoms with Gasteiger partial charge in [-0.2, -0.15) is 4.98 Å². The van der Waals surface area contributed by atoms with Crippen LogP contribution in [-0.2, 0) is 48.3 Å². The average molecular weight is 1170 g/mol. The first-order valence-corrected chi connectivity index (χ1v) is 29.8. The Morgan fingerprint density at radius 1 is 0.869 bits per heavy atom. The summed E-state index contributed by atoms with van der Waals surface area (Å²) in [5, 5.41) is 31.6. The van der Waals surface area contributed by atoms with Crippen LogP contribution in [0.1, 0.15) is 112 Å². The molecule has 2 aliphatic heterocycles. The Morgan fingerprint density at radius 2 is 1.61 bits per heavy atom. The number of carbonyl (C=O) groups is 5. The molecule has 0 bridgehead atoms. The molecule has 9 rings (SSSR count). The first-order chi connectivity index (χ1) is 40.4. The molecule has 24 nitrogen and oxygen atoms in total. The lowest BCUT2D eigenvalue weighted by molar-refractivity contribution is -0.144. The molecule has 5 N–H and O–H groups in total. The maximum Gasteiger partial charge on any atom is 0.263 e. The van der Waals surface area contributed by atoms with Gasteiger partial charge < -0.3 is 45.6 Å². The quantitative estimate of drug-likeness (QED) is 0.0385. The van der Waals surface area contributed by atoms with Gasteiger partial charge in [-0.15, -0.1) is 16.4 Å². The Labute approximate surface area is 492 Å². The van der Waals surface area contributed by atoms with E-state index in [0.717, 1.165) is 84.9 Å². The van der Waals surface area contributed by atoms with Gasteiger partial charge in [0, 0.05) is 95.4 Å². The third kappa shape index (κ3) is 15.4. The van der Waals surface area contributed by atoms with Crippen molar-refractivity contribution in [1.82, 2.24) is 65.2 Å². The second-order valence-corrected chi connectivity index (χ2v) is 23.7. The number of Topliss-reactive ketones (excluding diaryl/α,β-unsaturated/α-hetero) is 1. The summed E-state index contributed by atoms with van der Waals surface area (Å²) >= 11 is 1.56. The third-order valence-electron chi connectivity index (χ3n) is 15.6. The number of aliphatic hydroxyl groups excluding tert-OH is 1. The van der Waals surface area contributed by atoms with Gasteiger partial charge in [-0.05, 0) is 67.9 Å². The van der Waals surface area contributed by atoms with Gasteiger partial charge in [0.25, 0.3) is 5.56 Å². The van der Waals surface area contributed by atoms with Crippen molar-refractivity contribution in [2.24, 2.45) is 5.41 Å². The standard InChI is InChI=1S/C59H77N15O9S/c1-37-46-32-63-58(67-54(46)74(43-9-7-8-10-43)56(80)51(37)39(3)75)65-48-16-15-44(31-61-48)71-22-20-70(21-23-71)33-42-34-72(69-68-42)24-26-83-28-27-82-25-19-60-49(77)17-18-50(78)66-53(59(4,5)6)57(81)73-35-45(76)29-47(73)55(79)62-30-40-11-13-41(14-12-40)52-38(2)64-36-84-52/h11-16,31-32,34,36,43,45,47,53,76H,7-10,17-30,33,35H2,1-6H3,(H,60,77)(H,62,79)(H,66,78)(H,61,63,65,67)/t45-,47+,53-/m1/s1. The predicted octanol–water partition coefficient (Wildman–Crippen LogP) is 4.64. The number of piperazine rings is 1. The number of nitrogens with one attached hydrogen (secondary N) is 4. The number of aromatic nitrogens is 8. The summed E-state index contributed by atoms with van der Waals surface area (Å²) in [5.41, 5.74) is 6.85. The van der Waals surface area contributed by atoms with Crippen LogP contribution in [0.2, 0.25) is 0 Å². The molecule has 448 valence electrons. The molecule has 0 radical (unpaired) electrons. The van der Waals surface area contributed by atoms with Gasteiger partial charge >= 0.3 is 0 Å². The Morgan fingerprint density at radius 3 is 2.30 bits per heavy atom. The molecule has 25 heteroatoms. The number of ether oxygens (including phenoxy) is 2. The zero-order chi connectivity index (χ0) is 59.5. The van der Waals surface area contributed by atoms with Crippen LogP contribution in [0, 0.1) is 19.3 Å². The van der Waals surface area contributed by atoms with E-state index in [9.17, 15) is 33.9 Å². The third-order valence-corrected chi connectivity index (χ3v) is 16.6. The highest BCUT2D eigenvalue weighted by atomic mass is 32.1. The maximum atomic E-state index is 14.0. The molecule has 0 unspecified atom stereocenters. The number of hydrogen-bond acceptors (Lipinski definition) is 19. The number of amides is 4. The molecule has 3 atom stereocenters. The SMILES string of the molecule is CC(=O)c1c(C)c2cnc(Nc3ccc(N4CCN(Cc5cn(CCOCCOCCNC(=O)CCC(=O)N[C@H](C(=O)N6C[C@H](O)C[C@H]6C(=O)NCc6ccc(-c7scnc7C)cc6)C(C)(C)C)nn5)CC4)cn3)nc2n(C2CCCC2)c1=O. The van der Waals surface area contributed by atoms with E-state index in [4.69, 9.17) is 14.5 Å². The maximum absolute atomic E-state index is 14.0. The molecule has 1 saturated carbocycles. The number of ketones is 1. The van der Waals surface area contributed by atoms with E-state index in [1.54, 1.807) is 39.2 Å². The van der Waals surface area contributed by atoms with Gasteiger partial charge in [-0.1, -0.05) is 63.1 Å². The smallest absolute Gasteiger partial charge is 0.263 e. The molecule has 6 aromatic rings. The summed E-state index contributed by atoms with van der Waals surface area (Å²) in [6, 6.07) is 9.81. The minimum atomic E-state index is -1.01. The number of likely N-dealkylation sites (tertiary alicyclic amines) is 1. The summed E-state index contributed by atoms with van der Waals surface area (Å²) in [6.07, 6.45) is 8.16. The molecule has 5 aromatic heterocycles. The Kier molecular flexibility index (Phi) is 20.2. The highest BCUT2D eigenvalue weighted by Crippen LogP contribution is 2.33. The monoisotopic (exact) mass is 1170 g/mol. The zero-order valence-corrected chi connectivity index (χ0v) is 49.6. The van der Waals surface area contributed by atoms with Gasteiger partial charge in [0.2, 0.25) is 29.6 Å². The van der Waals surface area contributed by atoms with Crippen LogP contribution in [0.15, 0.2) is 65.3 Å². The first kappa shape index (κ1) is 61.0. The van der Waals surface area contributed by atoms with Gasteiger partial charge in [0.05, 0.1) is 78.3 Å². The summed E-state index contributed by atoms with van der Waals surface area (Å²) < 4.78 is 14.8. The highest BCUT2D eigenvalue weighted by molar-refractivity contribution is 7.13. The number of rotatable bonds is 25. The number of anilines is 3. The van der Waals surface area contributed by atoms with E-state index < -0.39 is 41.3 Å². The van der Waals surface area contributed by atoms with Crippen molar-refractivity contribution < 1.29 is 38.6 Å². The predicted molar refractivity (Wildman–Crippen MR) is 317 cm³/mol. The Bertz CT molecular complexity index is 3330. The van der Waals surface area contributed by atoms with Gasteiger partial charge in [0.1, 0.15) is 23.5 Å². The van der Waals surface area contributed by atoms with Crippen molar-refractivity contribution in [3.05, 3.63) is 98.9 Å².